The fourth-order valence-electron chi connectivity index (χ4n) is 2.87. The fourth-order valence-corrected chi connectivity index (χ4v) is 3.38. The van der Waals surface area contributed by atoms with Gasteiger partial charge in [-0.3, -0.25) is 9.36 Å². The lowest BCUT2D eigenvalue weighted by Crippen LogP contribution is -2.40. The largest absolute Gasteiger partial charge is 0.497 e. The summed E-state index contributed by atoms with van der Waals surface area (Å²) in [5, 5.41) is 8.88. The third kappa shape index (κ3) is 4.94. The molecule has 1 unspecified atom stereocenters. The molecule has 174 valence electrons. The number of hydrogen-bond donors (Lipinski definition) is 1. The number of carbonyl (C=O) groups is 1. The summed E-state index contributed by atoms with van der Waals surface area (Å²) in [5.41, 5.74) is -4.43. The van der Waals surface area contributed by atoms with Gasteiger partial charge in [-0.1, -0.05) is 23.2 Å². The Morgan fingerprint density at radius 2 is 1.75 bits per heavy atom. The van der Waals surface area contributed by atoms with Crippen LogP contribution in [0.1, 0.15) is 19.5 Å². The monoisotopic (exact) mass is 496 g/mol. The van der Waals surface area contributed by atoms with Crippen molar-refractivity contribution in [1.82, 2.24) is 9.13 Å². The van der Waals surface area contributed by atoms with E-state index in [4.69, 9.17) is 37.8 Å². The van der Waals surface area contributed by atoms with Crippen LogP contribution in [-0.4, -0.2) is 33.4 Å². The molecule has 0 saturated carbocycles. The summed E-state index contributed by atoms with van der Waals surface area (Å²) >= 11 is 12.2. The van der Waals surface area contributed by atoms with E-state index in [0.29, 0.717) is 4.57 Å². The second kappa shape index (κ2) is 9.29. The number of alkyl halides is 3. The van der Waals surface area contributed by atoms with Crippen molar-refractivity contribution in [2.24, 2.45) is 7.05 Å². The molecule has 8 nitrogen and oxygen atoms in total. The maximum Gasteiger partial charge on any atom is 0.431 e. The summed E-state index contributed by atoms with van der Waals surface area (Å²) in [7, 11) is 2.09. The van der Waals surface area contributed by atoms with Crippen LogP contribution in [0, 0.1) is 0 Å². The molecule has 32 heavy (non-hydrogen) atoms. The van der Waals surface area contributed by atoms with Crippen molar-refractivity contribution in [3.05, 3.63) is 66.1 Å². The van der Waals surface area contributed by atoms with Crippen LogP contribution >= 0.6 is 23.2 Å². The molecule has 0 fully saturated rings. The number of halogens is 5. The predicted molar refractivity (Wildman–Crippen MR) is 110 cm³/mol. The van der Waals surface area contributed by atoms with Crippen molar-refractivity contribution < 1.29 is 32.5 Å². The number of carboxylic acids is 1. The van der Waals surface area contributed by atoms with Gasteiger partial charge in [0.05, 0.1) is 28.4 Å². The van der Waals surface area contributed by atoms with E-state index in [9.17, 15) is 27.6 Å². The summed E-state index contributed by atoms with van der Waals surface area (Å²) in [4.78, 5) is 36.1. The standard InChI is InChI=1S/C19H17Cl2F3N2O6/c1-8(17(28)29)16(31-4)9(2)32-13-6-12(10(20)5-11(13)21)26-15(27)7-14(19(22,23)24)25(3)18(26)30/h5-7,9H,1-4H3,(H,28,29). The van der Waals surface area contributed by atoms with Gasteiger partial charge in [0.15, 0.2) is 6.10 Å². The van der Waals surface area contributed by atoms with Crippen molar-refractivity contribution in [2.75, 3.05) is 7.11 Å². The molecule has 0 aliphatic carbocycles. The highest BCUT2D eigenvalue weighted by atomic mass is 35.5. The quantitative estimate of drug-likeness (QED) is 0.484. The van der Waals surface area contributed by atoms with Crippen molar-refractivity contribution in [3.8, 4) is 11.4 Å². The smallest absolute Gasteiger partial charge is 0.431 e. The third-order valence-corrected chi connectivity index (χ3v) is 5.03. The molecule has 1 aromatic carbocycles. The number of nitrogens with zero attached hydrogens (tertiary/aromatic N) is 2. The summed E-state index contributed by atoms with van der Waals surface area (Å²) < 4.78 is 50.7. The molecule has 0 aliphatic heterocycles. The van der Waals surface area contributed by atoms with Gasteiger partial charge >= 0.3 is 17.8 Å². The zero-order chi connectivity index (χ0) is 24.5. The first-order chi connectivity index (χ1) is 14.7. The lowest BCUT2D eigenvalue weighted by molar-refractivity contribution is -0.144. The highest BCUT2D eigenvalue weighted by Gasteiger charge is 2.35. The van der Waals surface area contributed by atoms with Crippen molar-refractivity contribution in [2.45, 2.75) is 26.1 Å². The maximum atomic E-state index is 13.1. The van der Waals surface area contributed by atoms with Gasteiger partial charge < -0.3 is 14.6 Å². The van der Waals surface area contributed by atoms with Crippen LogP contribution in [0.2, 0.25) is 10.0 Å². The number of rotatable bonds is 6. The highest BCUT2D eigenvalue weighted by Crippen LogP contribution is 2.34. The molecule has 2 rings (SSSR count). The highest BCUT2D eigenvalue weighted by molar-refractivity contribution is 6.36. The second-order valence-corrected chi connectivity index (χ2v) is 7.35. The molecule has 0 radical (unpaired) electrons. The number of aromatic nitrogens is 2. The Labute approximate surface area is 189 Å². The van der Waals surface area contributed by atoms with E-state index in [1.54, 1.807) is 0 Å². The van der Waals surface area contributed by atoms with Crippen molar-refractivity contribution in [3.63, 3.8) is 0 Å². The minimum absolute atomic E-state index is 0.0346. The lowest BCUT2D eigenvalue weighted by atomic mass is 10.2. The Balaban J connectivity index is 2.66. The normalized spacial score (nSPS) is 13.4. The van der Waals surface area contributed by atoms with Crippen LogP contribution in [0.15, 0.2) is 39.1 Å². The summed E-state index contributed by atoms with van der Waals surface area (Å²) in [5.74, 6) is -1.41. The minimum atomic E-state index is -4.93. The molecule has 0 bridgehead atoms. The number of methoxy groups -OCH3 is 1. The van der Waals surface area contributed by atoms with E-state index >= 15 is 0 Å². The van der Waals surface area contributed by atoms with E-state index in [1.165, 1.54) is 21.0 Å². The van der Waals surface area contributed by atoms with Crippen LogP contribution in [-0.2, 0) is 22.8 Å². The van der Waals surface area contributed by atoms with Gasteiger partial charge in [-0.2, -0.15) is 13.2 Å². The predicted octanol–water partition coefficient (Wildman–Crippen LogP) is 3.63. The lowest BCUT2D eigenvalue weighted by Gasteiger charge is -2.20. The molecular formula is C19H17Cl2F3N2O6. The summed E-state index contributed by atoms with van der Waals surface area (Å²) in [6, 6.07) is 2.47. The molecule has 0 aliphatic rings. The van der Waals surface area contributed by atoms with Gasteiger partial charge in [0.25, 0.3) is 5.56 Å². The van der Waals surface area contributed by atoms with E-state index < -0.39 is 35.2 Å². The molecule has 1 aromatic heterocycles. The topological polar surface area (TPSA) is 99.8 Å². The number of hydrogen-bond acceptors (Lipinski definition) is 5. The Hall–Kier alpha value is -2.92. The van der Waals surface area contributed by atoms with Crippen molar-refractivity contribution >= 4 is 29.2 Å². The van der Waals surface area contributed by atoms with Crippen molar-refractivity contribution in [1.29, 1.82) is 0 Å². The van der Waals surface area contributed by atoms with E-state index in [-0.39, 0.29) is 43.4 Å². The zero-order valence-corrected chi connectivity index (χ0v) is 18.6. The first-order valence-corrected chi connectivity index (χ1v) is 9.50. The maximum absolute atomic E-state index is 13.1. The van der Waals surface area contributed by atoms with Gasteiger partial charge in [0.2, 0.25) is 0 Å². The van der Waals surface area contributed by atoms with Crippen LogP contribution in [0.3, 0.4) is 0 Å². The van der Waals surface area contributed by atoms with Gasteiger partial charge in [0.1, 0.15) is 17.2 Å². The average molecular weight is 497 g/mol. The SMILES string of the molecule is COC(=C(C)C(=O)O)C(C)Oc1cc(-n2c(=O)cc(C(F)(F)F)n(C)c2=O)c(Cl)cc1Cl. The molecule has 1 atom stereocenters. The van der Waals surface area contributed by atoms with Crippen LogP contribution in [0.4, 0.5) is 13.2 Å². The molecule has 1 heterocycles. The second-order valence-electron chi connectivity index (χ2n) is 6.54. The Morgan fingerprint density at radius 3 is 2.25 bits per heavy atom. The van der Waals surface area contributed by atoms with Gasteiger partial charge in [-0.15, -0.1) is 0 Å². The fraction of sp³-hybridized carbons (Fsp3) is 0.316. The Morgan fingerprint density at radius 1 is 1.16 bits per heavy atom. The number of ether oxygens (including phenoxy) is 2. The molecule has 0 saturated heterocycles. The van der Waals surface area contributed by atoms with Crippen LogP contribution in [0.5, 0.6) is 5.75 Å². The van der Waals surface area contributed by atoms with Crippen LogP contribution in [0.25, 0.3) is 5.69 Å². The summed E-state index contributed by atoms with van der Waals surface area (Å²) in [6.45, 7) is 2.75. The van der Waals surface area contributed by atoms with Gasteiger partial charge in [0, 0.05) is 19.2 Å². The molecule has 0 amide bonds. The number of benzene rings is 1. The molecule has 1 N–H and O–H groups in total. The van der Waals surface area contributed by atoms with Gasteiger partial charge in [-0.25, -0.2) is 14.2 Å². The molecule has 13 heteroatoms. The molecule has 0 spiro atoms. The average Bonchev–Trinajstić information content (AvgIpc) is 2.67. The summed E-state index contributed by atoms with van der Waals surface area (Å²) in [6.07, 6.45) is -5.90. The van der Waals surface area contributed by atoms with Gasteiger partial charge in [-0.05, 0) is 19.9 Å². The molecule has 2 aromatic rings. The third-order valence-electron chi connectivity index (χ3n) is 4.44. The van der Waals surface area contributed by atoms with Crippen LogP contribution < -0.4 is 16.0 Å². The minimum Gasteiger partial charge on any atom is -0.497 e. The molecular weight excluding hydrogens is 480 g/mol. The first-order valence-electron chi connectivity index (χ1n) is 8.75. The van der Waals surface area contributed by atoms with E-state index in [1.807, 2.05) is 0 Å². The Bertz CT molecular complexity index is 1220. The van der Waals surface area contributed by atoms with E-state index in [2.05, 4.69) is 0 Å². The number of carboxylic acid groups (broad SMARTS) is 1. The zero-order valence-electron chi connectivity index (χ0n) is 17.1. The number of aliphatic carboxylic acids is 1. The Kier molecular flexibility index (Phi) is 7.36. The van der Waals surface area contributed by atoms with E-state index in [0.717, 1.165) is 19.2 Å². The first kappa shape index (κ1) is 25.3.